The summed E-state index contributed by atoms with van der Waals surface area (Å²) in [5, 5.41) is 23.6. The number of anilines is 1. The number of aryl methyl sites for hydroxylation is 3. The van der Waals surface area contributed by atoms with Gasteiger partial charge in [0.2, 0.25) is 0 Å². The third-order valence-electron chi connectivity index (χ3n) is 2.84. The van der Waals surface area contributed by atoms with Crippen LogP contribution in [0.5, 0.6) is 0 Å². The summed E-state index contributed by atoms with van der Waals surface area (Å²) in [5.41, 5.74) is 2.11. The molecule has 0 aromatic carbocycles. The monoisotopic (exact) mass is 275 g/mol. The molecule has 7 nitrogen and oxygen atoms in total. The summed E-state index contributed by atoms with van der Waals surface area (Å²) < 4.78 is 1.97. The zero-order valence-corrected chi connectivity index (χ0v) is 11.5. The van der Waals surface area contributed by atoms with E-state index in [0.29, 0.717) is 5.82 Å². The number of carboxylic acids is 1. The molecule has 0 aliphatic carbocycles. The van der Waals surface area contributed by atoms with Crippen LogP contribution >= 0.6 is 0 Å². The summed E-state index contributed by atoms with van der Waals surface area (Å²) in [5.74, 6) is -0.503. The highest BCUT2D eigenvalue weighted by atomic mass is 16.4. The van der Waals surface area contributed by atoms with Crippen molar-refractivity contribution in [2.24, 2.45) is 0 Å². The molecule has 2 aromatic heterocycles. The first-order chi connectivity index (χ1) is 9.56. The van der Waals surface area contributed by atoms with Crippen LogP contribution in [0, 0.1) is 13.8 Å². The minimum Gasteiger partial charge on any atom is -0.476 e. The Morgan fingerprint density at radius 1 is 1.35 bits per heavy atom. The predicted molar refractivity (Wildman–Crippen MR) is 73.8 cm³/mol. The highest BCUT2D eigenvalue weighted by molar-refractivity contribution is 5.85. The first-order valence-electron chi connectivity index (χ1n) is 6.38. The maximum absolute atomic E-state index is 10.6. The van der Waals surface area contributed by atoms with Gasteiger partial charge in [0.25, 0.3) is 0 Å². The quantitative estimate of drug-likeness (QED) is 0.776. The van der Waals surface area contributed by atoms with E-state index >= 15 is 0 Å². The van der Waals surface area contributed by atoms with Gasteiger partial charge in [0.05, 0.1) is 5.69 Å². The van der Waals surface area contributed by atoms with Gasteiger partial charge in [-0.1, -0.05) is 0 Å². The van der Waals surface area contributed by atoms with E-state index in [0.717, 1.165) is 30.9 Å². The zero-order chi connectivity index (χ0) is 14.5. The van der Waals surface area contributed by atoms with Crippen LogP contribution in [-0.2, 0) is 6.54 Å². The molecule has 0 unspecified atom stereocenters. The number of carbonyl (C=O) groups is 1. The third-order valence-corrected chi connectivity index (χ3v) is 2.84. The van der Waals surface area contributed by atoms with Crippen LogP contribution in [0.25, 0.3) is 0 Å². The topological polar surface area (TPSA) is 92.9 Å². The van der Waals surface area contributed by atoms with E-state index < -0.39 is 5.97 Å². The van der Waals surface area contributed by atoms with E-state index in [9.17, 15) is 4.79 Å². The van der Waals surface area contributed by atoms with Crippen molar-refractivity contribution >= 4 is 11.8 Å². The lowest BCUT2D eigenvalue weighted by Gasteiger charge is -2.06. The largest absolute Gasteiger partial charge is 0.476 e. The van der Waals surface area contributed by atoms with E-state index in [1.54, 1.807) is 6.07 Å². The SMILES string of the molecule is Cc1cc(C)n(CCCNc2ccc(C(=O)O)nn2)n1. The Bertz CT molecular complexity index is 591. The second-order valence-electron chi connectivity index (χ2n) is 4.54. The normalized spacial score (nSPS) is 10.5. The summed E-state index contributed by atoms with van der Waals surface area (Å²) in [6.07, 6.45) is 0.893. The molecule has 7 heteroatoms. The maximum Gasteiger partial charge on any atom is 0.356 e. The van der Waals surface area contributed by atoms with Crippen molar-refractivity contribution < 1.29 is 9.90 Å². The molecule has 0 fully saturated rings. The van der Waals surface area contributed by atoms with Gasteiger partial charge in [-0.05, 0) is 38.5 Å². The van der Waals surface area contributed by atoms with E-state index in [1.807, 2.05) is 24.6 Å². The van der Waals surface area contributed by atoms with Gasteiger partial charge in [-0.25, -0.2) is 4.79 Å². The number of nitrogens with one attached hydrogen (secondary N) is 1. The maximum atomic E-state index is 10.6. The fourth-order valence-corrected chi connectivity index (χ4v) is 1.89. The van der Waals surface area contributed by atoms with Crippen LogP contribution in [-0.4, -0.2) is 37.6 Å². The van der Waals surface area contributed by atoms with Crippen molar-refractivity contribution in [2.75, 3.05) is 11.9 Å². The summed E-state index contributed by atoms with van der Waals surface area (Å²) in [6.45, 7) is 5.55. The van der Waals surface area contributed by atoms with Gasteiger partial charge in [-0.3, -0.25) is 4.68 Å². The number of aromatic nitrogens is 4. The van der Waals surface area contributed by atoms with Crippen molar-refractivity contribution in [3.05, 3.63) is 35.3 Å². The Kier molecular flexibility index (Phi) is 4.29. The number of aromatic carboxylic acids is 1. The molecule has 0 bridgehead atoms. The molecular weight excluding hydrogens is 258 g/mol. The number of hydrogen-bond acceptors (Lipinski definition) is 5. The van der Waals surface area contributed by atoms with Crippen molar-refractivity contribution in [2.45, 2.75) is 26.8 Å². The van der Waals surface area contributed by atoms with Crippen molar-refractivity contribution in [1.82, 2.24) is 20.0 Å². The first-order valence-corrected chi connectivity index (χ1v) is 6.38. The lowest BCUT2D eigenvalue weighted by molar-refractivity contribution is 0.0689. The van der Waals surface area contributed by atoms with E-state index in [4.69, 9.17) is 5.11 Å². The molecule has 2 N–H and O–H groups in total. The zero-order valence-electron chi connectivity index (χ0n) is 11.5. The Morgan fingerprint density at radius 3 is 2.70 bits per heavy atom. The molecule has 0 aliphatic rings. The van der Waals surface area contributed by atoms with Gasteiger partial charge in [0.1, 0.15) is 5.82 Å². The molecular formula is C13H17N5O2. The van der Waals surface area contributed by atoms with Crippen LogP contribution in [0.4, 0.5) is 5.82 Å². The van der Waals surface area contributed by atoms with Gasteiger partial charge < -0.3 is 10.4 Å². The first kappa shape index (κ1) is 14.0. The highest BCUT2D eigenvalue weighted by Crippen LogP contribution is 2.04. The van der Waals surface area contributed by atoms with Gasteiger partial charge in [0.15, 0.2) is 5.69 Å². The lowest BCUT2D eigenvalue weighted by atomic mass is 10.3. The average Bonchev–Trinajstić information content (AvgIpc) is 2.73. The molecule has 0 saturated carbocycles. The molecule has 0 radical (unpaired) electrons. The Morgan fingerprint density at radius 2 is 2.15 bits per heavy atom. The molecule has 0 amide bonds. The van der Waals surface area contributed by atoms with Crippen LogP contribution < -0.4 is 5.32 Å². The molecule has 2 rings (SSSR count). The second-order valence-corrected chi connectivity index (χ2v) is 4.54. The van der Waals surface area contributed by atoms with Gasteiger partial charge in [-0.2, -0.15) is 5.10 Å². The van der Waals surface area contributed by atoms with E-state index in [-0.39, 0.29) is 5.69 Å². The van der Waals surface area contributed by atoms with Crippen LogP contribution in [0.1, 0.15) is 28.3 Å². The fourth-order valence-electron chi connectivity index (χ4n) is 1.89. The Labute approximate surface area is 116 Å². The molecule has 0 aliphatic heterocycles. The van der Waals surface area contributed by atoms with Crippen LogP contribution in [0.2, 0.25) is 0 Å². The fraction of sp³-hybridized carbons (Fsp3) is 0.385. The number of hydrogen-bond donors (Lipinski definition) is 2. The second kappa shape index (κ2) is 6.14. The third kappa shape index (κ3) is 3.53. The number of carboxylic acid groups (broad SMARTS) is 1. The molecule has 2 heterocycles. The molecule has 2 aromatic rings. The van der Waals surface area contributed by atoms with Crippen molar-refractivity contribution in [1.29, 1.82) is 0 Å². The predicted octanol–water partition coefficient (Wildman–Crippen LogP) is 1.49. The molecule has 0 saturated heterocycles. The minimum atomic E-state index is -1.08. The van der Waals surface area contributed by atoms with Crippen molar-refractivity contribution in [3.8, 4) is 0 Å². The standard InChI is InChI=1S/C13H17N5O2/c1-9-8-10(2)18(17-9)7-3-6-14-12-5-4-11(13(19)20)15-16-12/h4-5,8H,3,6-7H2,1-2H3,(H,14,16)(H,19,20). The highest BCUT2D eigenvalue weighted by Gasteiger charge is 2.05. The van der Waals surface area contributed by atoms with E-state index in [1.165, 1.54) is 6.07 Å². The van der Waals surface area contributed by atoms with Gasteiger partial charge in [-0.15, -0.1) is 10.2 Å². The molecule has 0 atom stereocenters. The van der Waals surface area contributed by atoms with Crippen LogP contribution in [0.3, 0.4) is 0 Å². The van der Waals surface area contributed by atoms with E-state index in [2.05, 4.69) is 20.6 Å². The van der Waals surface area contributed by atoms with Crippen LogP contribution in [0.15, 0.2) is 18.2 Å². The minimum absolute atomic E-state index is 0.0572. The molecule has 0 spiro atoms. The van der Waals surface area contributed by atoms with Gasteiger partial charge >= 0.3 is 5.97 Å². The summed E-state index contributed by atoms with van der Waals surface area (Å²) in [7, 11) is 0. The number of nitrogens with zero attached hydrogens (tertiary/aromatic N) is 4. The summed E-state index contributed by atoms with van der Waals surface area (Å²) in [6, 6.07) is 5.09. The van der Waals surface area contributed by atoms with Crippen molar-refractivity contribution in [3.63, 3.8) is 0 Å². The number of rotatable bonds is 6. The smallest absolute Gasteiger partial charge is 0.356 e. The summed E-state index contributed by atoms with van der Waals surface area (Å²) in [4.78, 5) is 10.6. The molecule has 20 heavy (non-hydrogen) atoms. The average molecular weight is 275 g/mol. The lowest BCUT2D eigenvalue weighted by Crippen LogP contribution is -2.10. The summed E-state index contributed by atoms with van der Waals surface area (Å²) >= 11 is 0. The Hall–Kier alpha value is -2.44. The van der Waals surface area contributed by atoms with Gasteiger partial charge in [0, 0.05) is 18.8 Å². The Balaban J connectivity index is 1.78. The molecule has 106 valence electrons.